The largest absolute Gasteiger partial charge is 0.339 e. The molecule has 0 bridgehead atoms. The minimum absolute atomic E-state index is 0.163. The van der Waals surface area contributed by atoms with E-state index in [-0.39, 0.29) is 12.5 Å². The summed E-state index contributed by atoms with van der Waals surface area (Å²) in [6.07, 6.45) is 1.12. The van der Waals surface area contributed by atoms with E-state index in [1.807, 2.05) is 7.05 Å². The molecule has 1 aromatic carbocycles. The molecule has 0 N–H and O–H groups in total. The van der Waals surface area contributed by atoms with Crippen LogP contribution >= 0.6 is 15.9 Å². The molecule has 1 heterocycles. The Morgan fingerprint density at radius 3 is 2.23 bits per heavy atom. The number of anilines is 1. The lowest BCUT2D eigenvalue weighted by Gasteiger charge is -2.34. The molecular weight excluding hydrogens is 370 g/mol. The van der Waals surface area contributed by atoms with Crippen molar-refractivity contribution in [1.82, 2.24) is 9.80 Å². The Morgan fingerprint density at radius 1 is 1.18 bits per heavy atom. The third-order valence-corrected chi connectivity index (χ3v) is 5.32. The van der Waals surface area contributed by atoms with Gasteiger partial charge in [0, 0.05) is 30.7 Å². The number of amides is 1. The molecule has 6 nitrogen and oxygen atoms in total. The summed E-state index contributed by atoms with van der Waals surface area (Å²) in [4.78, 5) is 16.3. The molecule has 0 unspecified atom stereocenters. The van der Waals surface area contributed by atoms with Crippen LogP contribution in [0.5, 0.6) is 0 Å². The molecule has 2 rings (SSSR count). The lowest BCUT2D eigenvalue weighted by Crippen LogP contribution is -2.50. The highest BCUT2D eigenvalue weighted by molar-refractivity contribution is 9.10. The van der Waals surface area contributed by atoms with Crippen LogP contribution in [-0.2, 0) is 14.8 Å². The van der Waals surface area contributed by atoms with Gasteiger partial charge in [0.25, 0.3) is 0 Å². The van der Waals surface area contributed by atoms with Crippen molar-refractivity contribution in [2.45, 2.75) is 0 Å². The fourth-order valence-corrected chi connectivity index (χ4v) is 3.40. The molecule has 1 aliphatic rings. The summed E-state index contributed by atoms with van der Waals surface area (Å²) < 4.78 is 26.1. The number of hydrogen-bond acceptors (Lipinski definition) is 4. The van der Waals surface area contributed by atoms with Crippen LogP contribution in [0.2, 0.25) is 0 Å². The molecule has 0 saturated carbocycles. The molecule has 1 aliphatic heterocycles. The maximum Gasteiger partial charge on any atom is 0.243 e. The van der Waals surface area contributed by atoms with Gasteiger partial charge in [-0.25, -0.2) is 8.42 Å². The standard InChI is InChI=1S/C14H20BrN3O3S/c1-16-7-9-17(10-8-16)14(19)11-18(22(2,20)21)13-5-3-12(15)4-6-13/h3-6H,7-11H2,1-2H3. The van der Waals surface area contributed by atoms with E-state index < -0.39 is 10.0 Å². The molecule has 0 spiro atoms. The van der Waals surface area contributed by atoms with E-state index >= 15 is 0 Å². The Hall–Kier alpha value is -1.12. The molecule has 22 heavy (non-hydrogen) atoms. The van der Waals surface area contributed by atoms with Gasteiger partial charge >= 0.3 is 0 Å². The van der Waals surface area contributed by atoms with Gasteiger partial charge in [0.1, 0.15) is 6.54 Å². The molecule has 0 aliphatic carbocycles. The van der Waals surface area contributed by atoms with Crippen molar-refractivity contribution in [2.24, 2.45) is 0 Å². The fraction of sp³-hybridized carbons (Fsp3) is 0.500. The third-order valence-electron chi connectivity index (χ3n) is 3.65. The topological polar surface area (TPSA) is 60.9 Å². The van der Waals surface area contributed by atoms with Gasteiger partial charge in [0.05, 0.1) is 11.9 Å². The summed E-state index contributed by atoms with van der Waals surface area (Å²) >= 11 is 3.32. The lowest BCUT2D eigenvalue weighted by atomic mass is 10.3. The summed E-state index contributed by atoms with van der Waals surface area (Å²) in [5.41, 5.74) is 0.494. The fourth-order valence-electron chi connectivity index (χ4n) is 2.29. The van der Waals surface area contributed by atoms with Gasteiger partial charge in [-0.15, -0.1) is 0 Å². The van der Waals surface area contributed by atoms with E-state index in [2.05, 4.69) is 20.8 Å². The second kappa shape index (κ2) is 6.97. The number of carbonyl (C=O) groups is 1. The Kier molecular flexibility index (Phi) is 5.46. The molecule has 8 heteroatoms. The Labute approximate surface area is 139 Å². The number of carbonyl (C=O) groups excluding carboxylic acids is 1. The minimum Gasteiger partial charge on any atom is -0.339 e. The number of halogens is 1. The molecule has 0 aromatic heterocycles. The van der Waals surface area contributed by atoms with Crippen LogP contribution in [0.15, 0.2) is 28.7 Å². The van der Waals surface area contributed by atoms with E-state index in [9.17, 15) is 13.2 Å². The number of sulfonamides is 1. The molecule has 1 amide bonds. The van der Waals surface area contributed by atoms with Crippen molar-refractivity contribution in [2.75, 3.05) is 50.3 Å². The van der Waals surface area contributed by atoms with Gasteiger partial charge in [0.15, 0.2) is 0 Å². The number of likely N-dealkylation sites (N-methyl/N-ethyl adjacent to an activating group) is 1. The van der Waals surface area contributed by atoms with E-state index in [0.29, 0.717) is 18.8 Å². The van der Waals surface area contributed by atoms with Gasteiger partial charge in [-0.05, 0) is 31.3 Å². The van der Waals surface area contributed by atoms with Gasteiger partial charge in [-0.2, -0.15) is 0 Å². The number of nitrogens with zero attached hydrogens (tertiary/aromatic N) is 3. The second-order valence-corrected chi connectivity index (χ2v) is 8.25. The van der Waals surface area contributed by atoms with E-state index in [1.165, 1.54) is 0 Å². The first-order chi connectivity index (χ1) is 10.3. The summed E-state index contributed by atoms with van der Waals surface area (Å²) in [5.74, 6) is -0.165. The van der Waals surface area contributed by atoms with Crippen LogP contribution in [0.4, 0.5) is 5.69 Å². The second-order valence-electron chi connectivity index (χ2n) is 5.43. The zero-order chi connectivity index (χ0) is 16.3. The van der Waals surface area contributed by atoms with E-state index in [4.69, 9.17) is 0 Å². The summed E-state index contributed by atoms with van der Waals surface area (Å²) in [6, 6.07) is 6.88. The lowest BCUT2D eigenvalue weighted by molar-refractivity contribution is -0.131. The Bertz CT molecular complexity index is 625. The van der Waals surface area contributed by atoms with E-state index in [1.54, 1.807) is 29.2 Å². The molecule has 1 fully saturated rings. The third kappa shape index (κ3) is 4.44. The predicted octanol–water partition coefficient (Wildman–Crippen LogP) is 0.989. The van der Waals surface area contributed by atoms with Gasteiger partial charge < -0.3 is 9.80 Å². The number of hydrogen-bond donors (Lipinski definition) is 0. The van der Waals surface area contributed by atoms with Gasteiger partial charge in [-0.1, -0.05) is 15.9 Å². The highest BCUT2D eigenvalue weighted by Crippen LogP contribution is 2.21. The van der Waals surface area contributed by atoms with Crippen LogP contribution in [-0.4, -0.2) is 70.2 Å². The number of benzene rings is 1. The van der Waals surface area contributed by atoms with Crippen molar-refractivity contribution >= 4 is 37.5 Å². The van der Waals surface area contributed by atoms with Crippen LogP contribution in [0.1, 0.15) is 0 Å². The van der Waals surface area contributed by atoms with Crippen molar-refractivity contribution in [3.63, 3.8) is 0 Å². The Balaban J connectivity index is 2.14. The summed E-state index contributed by atoms with van der Waals surface area (Å²) in [6.45, 7) is 2.72. The molecular formula is C14H20BrN3O3S. The maximum atomic E-state index is 12.4. The van der Waals surface area contributed by atoms with E-state index in [0.717, 1.165) is 28.1 Å². The van der Waals surface area contributed by atoms with Crippen LogP contribution < -0.4 is 4.31 Å². The van der Waals surface area contributed by atoms with Crippen molar-refractivity contribution in [1.29, 1.82) is 0 Å². The minimum atomic E-state index is -3.52. The molecule has 0 atom stereocenters. The monoisotopic (exact) mass is 389 g/mol. The highest BCUT2D eigenvalue weighted by Gasteiger charge is 2.25. The van der Waals surface area contributed by atoms with Crippen LogP contribution in [0.3, 0.4) is 0 Å². The normalized spacial score (nSPS) is 16.6. The average molecular weight is 390 g/mol. The van der Waals surface area contributed by atoms with Crippen molar-refractivity contribution in [3.05, 3.63) is 28.7 Å². The number of piperazine rings is 1. The van der Waals surface area contributed by atoms with Crippen molar-refractivity contribution < 1.29 is 13.2 Å². The Morgan fingerprint density at radius 2 is 1.73 bits per heavy atom. The first kappa shape index (κ1) is 17.2. The predicted molar refractivity (Wildman–Crippen MR) is 90.4 cm³/mol. The maximum absolute atomic E-state index is 12.4. The SMILES string of the molecule is CN1CCN(C(=O)CN(c2ccc(Br)cc2)S(C)(=O)=O)CC1. The van der Waals surface area contributed by atoms with Crippen LogP contribution in [0.25, 0.3) is 0 Å². The molecule has 0 radical (unpaired) electrons. The first-order valence-electron chi connectivity index (χ1n) is 6.97. The summed E-state index contributed by atoms with van der Waals surface area (Å²) in [5, 5.41) is 0. The van der Waals surface area contributed by atoms with Crippen molar-refractivity contribution in [3.8, 4) is 0 Å². The number of rotatable bonds is 4. The average Bonchev–Trinajstić information content (AvgIpc) is 2.45. The zero-order valence-electron chi connectivity index (χ0n) is 12.7. The molecule has 122 valence electrons. The quantitative estimate of drug-likeness (QED) is 0.770. The molecule has 1 saturated heterocycles. The smallest absolute Gasteiger partial charge is 0.243 e. The zero-order valence-corrected chi connectivity index (χ0v) is 15.1. The van der Waals surface area contributed by atoms with Gasteiger partial charge in [-0.3, -0.25) is 9.10 Å². The first-order valence-corrected chi connectivity index (χ1v) is 9.61. The summed E-state index contributed by atoms with van der Waals surface area (Å²) in [7, 11) is -1.51. The van der Waals surface area contributed by atoms with Crippen LogP contribution in [0, 0.1) is 0 Å². The highest BCUT2D eigenvalue weighted by atomic mass is 79.9. The van der Waals surface area contributed by atoms with Gasteiger partial charge in [0.2, 0.25) is 15.9 Å². The molecule has 1 aromatic rings.